The van der Waals surface area contributed by atoms with E-state index in [-0.39, 0.29) is 23.9 Å². The summed E-state index contributed by atoms with van der Waals surface area (Å²) >= 11 is 0. The van der Waals surface area contributed by atoms with E-state index in [0.717, 1.165) is 19.3 Å². The molecule has 0 spiro atoms. The van der Waals surface area contributed by atoms with Crippen molar-refractivity contribution in [2.75, 3.05) is 26.2 Å². The minimum absolute atomic E-state index is 0.0927. The van der Waals surface area contributed by atoms with Gasteiger partial charge < -0.3 is 20.9 Å². The van der Waals surface area contributed by atoms with Gasteiger partial charge in [0.15, 0.2) is 0 Å². The zero-order valence-electron chi connectivity index (χ0n) is 19.9. The number of nitrogens with zero attached hydrogens (tertiary/aromatic N) is 3. The van der Waals surface area contributed by atoms with Gasteiger partial charge in [0, 0.05) is 0 Å². The third-order valence-corrected chi connectivity index (χ3v) is 5.52. The van der Waals surface area contributed by atoms with Crippen molar-refractivity contribution in [3.8, 4) is 0 Å². The van der Waals surface area contributed by atoms with E-state index in [1.807, 2.05) is 0 Å². The lowest BCUT2D eigenvalue weighted by Crippen LogP contribution is -2.34. The van der Waals surface area contributed by atoms with Crippen LogP contribution < -0.4 is 5.73 Å². The van der Waals surface area contributed by atoms with Crippen LogP contribution in [-0.2, 0) is 9.53 Å². The minimum atomic E-state index is -0.329. The highest BCUT2D eigenvalue weighted by molar-refractivity contribution is 5.69. The number of hydrazine groups is 1. The maximum absolute atomic E-state index is 11.8. The Labute approximate surface area is 189 Å². The summed E-state index contributed by atoms with van der Waals surface area (Å²) in [5.41, 5.74) is 5.44. The fourth-order valence-corrected chi connectivity index (χ4v) is 3.55. The summed E-state index contributed by atoms with van der Waals surface area (Å²) in [6.45, 7) is 3.77. The number of rotatable bonds is 23. The topological polar surface area (TPSA) is 114 Å². The molecule has 0 saturated heterocycles. The van der Waals surface area contributed by atoms with Gasteiger partial charge in [-0.25, -0.2) is 0 Å². The van der Waals surface area contributed by atoms with Gasteiger partial charge in [-0.2, -0.15) is 0 Å². The Bertz CT molecular complexity index is 436. The number of hydrogen-bond donors (Lipinski definition) is 2. The maximum atomic E-state index is 11.8. The Morgan fingerprint density at radius 2 is 1.39 bits per heavy atom. The van der Waals surface area contributed by atoms with Crippen molar-refractivity contribution in [1.82, 2.24) is 5.01 Å². The number of ether oxygens (including phenoxy) is 1. The van der Waals surface area contributed by atoms with E-state index in [1.165, 1.54) is 82.1 Å². The molecule has 0 bridgehead atoms. The van der Waals surface area contributed by atoms with Crippen molar-refractivity contribution in [3.63, 3.8) is 0 Å². The second kappa shape index (κ2) is 23.1. The average molecular weight is 445 g/mol. The molecule has 0 radical (unpaired) electrons. The summed E-state index contributed by atoms with van der Waals surface area (Å²) < 4.78 is 5.24. The van der Waals surface area contributed by atoms with Crippen LogP contribution in [0, 0.1) is 5.21 Å². The van der Waals surface area contributed by atoms with Gasteiger partial charge in [-0.15, -0.1) is 5.01 Å². The number of carbonyl (C=O) groups excluding carboxylic acids is 1. The third kappa shape index (κ3) is 20.1. The van der Waals surface area contributed by atoms with Crippen LogP contribution in [0.4, 0.5) is 0 Å². The molecule has 0 rings (SSSR count). The number of unbranched alkanes of at least 4 members (excludes halogenated alkanes) is 14. The first kappa shape index (κ1) is 29.4. The van der Waals surface area contributed by atoms with Crippen LogP contribution in [0.2, 0.25) is 0 Å². The molecule has 0 aliphatic heterocycles. The lowest BCUT2D eigenvalue weighted by atomic mass is 10.0. The first-order valence-electron chi connectivity index (χ1n) is 12.6. The summed E-state index contributed by atoms with van der Waals surface area (Å²) in [4.78, 5) is 11.9. The van der Waals surface area contributed by atoms with Crippen LogP contribution in [0.3, 0.4) is 0 Å². The zero-order chi connectivity index (χ0) is 23.0. The summed E-state index contributed by atoms with van der Waals surface area (Å²) in [5, 5.41) is 24.0. The molecule has 0 fully saturated rings. The van der Waals surface area contributed by atoms with Crippen molar-refractivity contribution in [2.24, 2.45) is 11.0 Å². The summed E-state index contributed by atoms with van der Waals surface area (Å²) in [6.07, 6.45) is 19.6. The molecule has 0 atom stereocenters. The number of esters is 1. The average Bonchev–Trinajstić information content (AvgIpc) is 2.78. The van der Waals surface area contributed by atoms with E-state index in [0.29, 0.717) is 26.1 Å². The predicted octanol–water partition coefficient (Wildman–Crippen LogP) is 5.71. The zero-order valence-corrected chi connectivity index (χ0v) is 19.9. The smallest absolute Gasteiger partial charge is 0.307 e. The van der Waals surface area contributed by atoms with Gasteiger partial charge in [0.05, 0.1) is 31.1 Å². The third-order valence-electron chi connectivity index (χ3n) is 5.52. The SMILES string of the molecule is CCCCCCCCCCCCCCCCOC(=O)CCN(CCCCN)[N+]([O-])=NO. The van der Waals surface area contributed by atoms with Gasteiger partial charge in [-0.3, -0.25) is 4.79 Å². The highest BCUT2D eigenvalue weighted by atomic mass is 16.6. The normalized spacial score (nSPS) is 11.6. The Morgan fingerprint density at radius 3 is 1.87 bits per heavy atom. The van der Waals surface area contributed by atoms with Crippen LogP contribution in [0.25, 0.3) is 0 Å². The molecular formula is C23H48N4O4. The Hall–Kier alpha value is -1.57. The molecule has 0 aromatic rings. The quantitative estimate of drug-likeness (QED) is 0.0686. The van der Waals surface area contributed by atoms with Gasteiger partial charge in [0.1, 0.15) is 0 Å². The van der Waals surface area contributed by atoms with E-state index in [9.17, 15) is 10.0 Å². The molecule has 0 amide bonds. The predicted molar refractivity (Wildman–Crippen MR) is 124 cm³/mol. The van der Waals surface area contributed by atoms with Crippen LogP contribution in [0.15, 0.2) is 5.28 Å². The molecule has 8 heteroatoms. The Kier molecular flexibility index (Phi) is 21.9. The molecule has 0 saturated carbocycles. The first-order chi connectivity index (χ1) is 15.2. The van der Waals surface area contributed by atoms with Gasteiger partial charge in [0.2, 0.25) is 5.28 Å². The van der Waals surface area contributed by atoms with E-state index in [2.05, 4.69) is 12.2 Å². The van der Waals surface area contributed by atoms with Crippen molar-refractivity contribution < 1.29 is 19.7 Å². The van der Waals surface area contributed by atoms with Crippen molar-refractivity contribution >= 4 is 5.97 Å². The second-order valence-electron chi connectivity index (χ2n) is 8.36. The molecule has 31 heavy (non-hydrogen) atoms. The molecule has 8 nitrogen and oxygen atoms in total. The maximum Gasteiger partial charge on any atom is 0.307 e. The van der Waals surface area contributed by atoms with Gasteiger partial charge >= 0.3 is 5.97 Å². The minimum Gasteiger partial charge on any atom is -0.569 e. The van der Waals surface area contributed by atoms with Gasteiger partial charge in [-0.05, 0) is 25.8 Å². The van der Waals surface area contributed by atoms with E-state index < -0.39 is 0 Å². The summed E-state index contributed by atoms with van der Waals surface area (Å²) in [7, 11) is 0. The molecule has 0 heterocycles. The number of nitrogens with two attached hydrogens (primary N) is 1. The van der Waals surface area contributed by atoms with Crippen LogP contribution in [-0.4, -0.2) is 47.4 Å². The second-order valence-corrected chi connectivity index (χ2v) is 8.36. The Morgan fingerprint density at radius 1 is 0.871 bits per heavy atom. The molecule has 3 N–H and O–H groups in total. The first-order valence-corrected chi connectivity index (χ1v) is 12.6. The lowest BCUT2D eigenvalue weighted by molar-refractivity contribution is -0.709. The largest absolute Gasteiger partial charge is 0.569 e. The van der Waals surface area contributed by atoms with Crippen molar-refractivity contribution in [2.45, 2.75) is 116 Å². The summed E-state index contributed by atoms with van der Waals surface area (Å²) in [5.74, 6) is -0.329. The summed E-state index contributed by atoms with van der Waals surface area (Å²) in [6, 6.07) is 0. The number of carbonyl (C=O) groups is 1. The molecule has 0 aliphatic carbocycles. The molecule has 184 valence electrons. The molecular weight excluding hydrogens is 396 g/mol. The lowest BCUT2D eigenvalue weighted by Gasteiger charge is -2.17. The molecule has 0 aliphatic rings. The molecule has 0 aromatic carbocycles. The molecule has 0 aromatic heterocycles. The fourth-order valence-electron chi connectivity index (χ4n) is 3.55. The van der Waals surface area contributed by atoms with Crippen molar-refractivity contribution in [3.05, 3.63) is 5.21 Å². The highest BCUT2D eigenvalue weighted by Crippen LogP contribution is 2.13. The van der Waals surface area contributed by atoms with Gasteiger partial charge in [-0.1, -0.05) is 90.4 Å². The van der Waals surface area contributed by atoms with Crippen LogP contribution in [0.1, 0.15) is 116 Å². The highest BCUT2D eigenvalue weighted by Gasteiger charge is 2.15. The standard InChI is InChI=1S/C23H48N4O4/c1-2-3-4-5-6-7-8-9-10-11-12-13-14-17-22-31-23(28)18-21-26(27(30)25-29)20-16-15-19-24/h29H,2-22,24H2,1H3. The fraction of sp³-hybridized carbons (Fsp3) is 0.957. The van der Waals surface area contributed by atoms with E-state index >= 15 is 0 Å². The van der Waals surface area contributed by atoms with E-state index in [4.69, 9.17) is 15.7 Å². The van der Waals surface area contributed by atoms with E-state index in [1.54, 1.807) is 0 Å². The number of hydrogen-bond acceptors (Lipinski definition) is 5. The van der Waals surface area contributed by atoms with Gasteiger partial charge in [0.25, 0.3) is 0 Å². The van der Waals surface area contributed by atoms with Crippen molar-refractivity contribution in [1.29, 1.82) is 0 Å². The monoisotopic (exact) mass is 444 g/mol. The van der Waals surface area contributed by atoms with Crippen LogP contribution >= 0.6 is 0 Å². The van der Waals surface area contributed by atoms with Crippen LogP contribution in [0.5, 0.6) is 0 Å². The Balaban J connectivity index is 3.50. The molecule has 0 unspecified atom stereocenters.